The molecule has 3 amide bonds. The number of hydrogen-bond acceptors (Lipinski definition) is 3. The quantitative estimate of drug-likeness (QED) is 0.696. The Morgan fingerprint density at radius 3 is 2.38 bits per heavy atom. The molecule has 1 atom stereocenters. The number of thiophene rings is 1. The van der Waals surface area contributed by atoms with E-state index < -0.39 is 0 Å². The van der Waals surface area contributed by atoms with Crippen LogP contribution >= 0.6 is 22.9 Å². The first kappa shape index (κ1) is 20.3. The number of rotatable bonds is 7. The van der Waals surface area contributed by atoms with Crippen molar-refractivity contribution >= 4 is 40.6 Å². The highest BCUT2D eigenvalue weighted by Crippen LogP contribution is 2.23. The van der Waals surface area contributed by atoms with Crippen molar-refractivity contribution in [3.8, 4) is 0 Å². The van der Waals surface area contributed by atoms with Gasteiger partial charge in [0.05, 0.1) is 10.9 Å². The maximum atomic E-state index is 12.5. The van der Waals surface area contributed by atoms with Gasteiger partial charge in [-0.3, -0.25) is 4.79 Å². The molecule has 2 rings (SSSR count). The van der Waals surface area contributed by atoms with Gasteiger partial charge < -0.3 is 15.5 Å². The third-order valence-corrected chi connectivity index (χ3v) is 5.25. The van der Waals surface area contributed by atoms with E-state index >= 15 is 0 Å². The van der Waals surface area contributed by atoms with Crippen molar-refractivity contribution in [2.75, 3.05) is 11.9 Å². The lowest BCUT2D eigenvalue weighted by Crippen LogP contribution is -2.34. The van der Waals surface area contributed by atoms with E-state index in [1.165, 1.54) is 11.3 Å². The van der Waals surface area contributed by atoms with Crippen LogP contribution in [0, 0.1) is 0 Å². The maximum Gasteiger partial charge on any atom is 0.322 e. The number of amides is 3. The number of urea groups is 1. The Hall–Kier alpha value is -2.05. The van der Waals surface area contributed by atoms with Crippen molar-refractivity contribution in [1.82, 2.24) is 10.2 Å². The van der Waals surface area contributed by atoms with Gasteiger partial charge in [-0.2, -0.15) is 0 Å². The Labute approximate surface area is 163 Å². The van der Waals surface area contributed by atoms with Crippen LogP contribution in [0.1, 0.15) is 42.4 Å². The fourth-order valence-corrected chi connectivity index (χ4v) is 3.37. The molecule has 0 aliphatic rings. The van der Waals surface area contributed by atoms with Crippen LogP contribution < -0.4 is 10.6 Å². The van der Waals surface area contributed by atoms with Crippen molar-refractivity contribution in [1.29, 1.82) is 0 Å². The summed E-state index contributed by atoms with van der Waals surface area (Å²) >= 11 is 7.41. The summed E-state index contributed by atoms with van der Waals surface area (Å²) in [6.07, 6.45) is 0.877. The number of nitrogens with one attached hydrogen (secondary N) is 2. The minimum atomic E-state index is -0.186. The Morgan fingerprint density at radius 2 is 1.85 bits per heavy atom. The average Bonchev–Trinajstić information content (AvgIpc) is 3.04. The van der Waals surface area contributed by atoms with E-state index in [-0.39, 0.29) is 18.0 Å². The molecule has 1 heterocycles. The van der Waals surface area contributed by atoms with E-state index in [2.05, 4.69) is 10.6 Å². The van der Waals surface area contributed by atoms with Crippen molar-refractivity contribution < 1.29 is 9.59 Å². The highest BCUT2D eigenvalue weighted by atomic mass is 35.5. The second-order valence-electron chi connectivity index (χ2n) is 6.01. The van der Waals surface area contributed by atoms with Gasteiger partial charge in [-0.05, 0) is 56.7 Å². The molecule has 1 aromatic carbocycles. The van der Waals surface area contributed by atoms with E-state index in [0.29, 0.717) is 28.7 Å². The fourth-order valence-electron chi connectivity index (χ4n) is 2.27. The second kappa shape index (κ2) is 9.59. The average molecular weight is 394 g/mol. The molecule has 0 fully saturated rings. The summed E-state index contributed by atoms with van der Waals surface area (Å²) < 4.78 is 0.711. The lowest BCUT2D eigenvalue weighted by atomic mass is 10.1. The van der Waals surface area contributed by atoms with Crippen molar-refractivity contribution in [3.05, 3.63) is 51.2 Å². The number of carbonyl (C=O) groups is 2. The van der Waals surface area contributed by atoms with Crippen LogP contribution in [0.5, 0.6) is 0 Å². The molecular formula is C19H24ClN3O2S. The van der Waals surface area contributed by atoms with Gasteiger partial charge in [-0.25, -0.2) is 4.79 Å². The highest BCUT2D eigenvalue weighted by Gasteiger charge is 2.14. The molecular weight excluding hydrogens is 370 g/mol. The van der Waals surface area contributed by atoms with Gasteiger partial charge in [0.1, 0.15) is 0 Å². The monoisotopic (exact) mass is 393 g/mol. The SMILES string of the molecule is CCC(C)NC(=O)c1ccc(NC(=O)N(CC)Cc2ccc(Cl)s2)cc1. The van der Waals surface area contributed by atoms with Gasteiger partial charge >= 0.3 is 6.03 Å². The lowest BCUT2D eigenvalue weighted by Gasteiger charge is -2.20. The number of nitrogens with zero attached hydrogens (tertiary/aromatic N) is 1. The van der Waals surface area contributed by atoms with Gasteiger partial charge in [-0.1, -0.05) is 18.5 Å². The summed E-state index contributed by atoms with van der Waals surface area (Å²) in [4.78, 5) is 27.3. The minimum absolute atomic E-state index is 0.109. The number of carbonyl (C=O) groups excluding carboxylic acids is 2. The highest BCUT2D eigenvalue weighted by molar-refractivity contribution is 7.16. The lowest BCUT2D eigenvalue weighted by molar-refractivity contribution is 0.0939. The summed E-state index contributed by atoms with van der Waals surface area (Å²) in [7, 11) is 0. The Morgan fingerprint density at radius 1 is 1.15 bits per heavy atom. The maximum absolute atomic E-state index is 12.5. The normalized spacial score (nSPS) is 11.7. The Bertz CT molecular complexity index is 745. The van der Waals surface area contributed by atoms with E-state index in [1.807, 2.05) is 32.9 Å². The number of hydrogen-bond donors (Lipinski definition) is 2. The van der Waals surface area contributed by atoms with Gasteiger partial charge in [0.2, 0.25) is 0 Å². The van der Waals surface area contributed by atoms with E-state index in [9.17, 15) is 9.59 Å². The van der Waals surface area contributed by atoms with Gasteiger partial charge in [-0.15, -0.1) is 11.3 Å². The molecule has 0 radical (unpaired) electrons. The van der Waals surface area contributed by atoms with Crippen LogP contribution in [0.3, 0.4) is 0 Å². The minimum Gasteiger partial charge on any atom is -0.350 e. The Kier molecular flexibility index (Phi) is 7.48. The van der Waals surface area contributed by atoms with Crippen molar-refractivity contribution in [2.45, 2.75) is 39.8 Å². The summed E-state index contributed by atoms with van der Waals surface area (Å²) in [5, 5.41) is 5.78. The molecule has 0 aliphatic carbocycles. The molecule has 0 saturated carbocycles. The molecule has 2 aromatic rings. The summed E-state index contributed by atoms with van der Waals surface area (Å²) in [6, 6.07) is 10.6. The molecule has 2 N–H and O–H groups in total. The molecule has 0 aliphatic heterocycles. The molecule has 1 unspecified atom stereocenters. The second-order valence-corrected chi connectivity index (χ2v) is 7.81. The predicted octanol–water partition coefficient (Wildman–Crippen LogP) is 4.98. The van der Waals surface area contributed by atoms with Crippen LogP contribution in [0.4, 0.5) is 10.5 Å². The zero-order valence-corrected chi connectivity index (χ0v) is 16.8. The van der Waals surface area contributed by atoms with E-state index in [1.54, 1.807) is 29.2 Å². The fraction of sp³-hybridized carbons (Fsp3) is 0.368. The molecule has 26 heavy (non-hydrogen) atoms. The topological polar surface area (TPSA) is 61.4 Å². The van der Waals surface area contributed by atoms with Crippen LogP contribution in [0.15, 0.2) is 36.4 Å². The predicted molar refractivity (Wildman–Crippen MR) is 108 cm³/mol. The van der Waals surface area contributed by atoms with E-state index in [0.717, 1.165) is 11.3 Å². The molecule has 0 spiro atoms. The summed E-state index contributed by atoms with van der Waals surface area (Å²) in [5.74, 6) is -0.109. The molecule has 5 nitrogen and oxygen atoms in total. The first-order chi connectivity index (χ1) is 12.4. The molecule has 7 heteroatoms. The van der Waals surface area contributed by atoms with E-state index in [4.69, 9.17) is 11.6 Å². The summed E-state index contributed by atoms with van der Waals surface area (Å²) in [6.45, 7) is 7.00. The molecule has 0 bridgehead atoms. The standard InChI is InChI=1S/C19H24ClN3O2S/c1-4-13(3)21-18(24)14-6-8-15(9-7-14)22-19(25)23(5-2)12-16-10-11-17(20)26-16/h6-11,13H,4-5,12H2,1-3H3,(H,21,24)(H,22,25). The van der Waals surface area contributed by atoms with Crippen LogP contribution in [0.25, 0.3) is 0 Å². The van der Waals surface area contributed by atoms with Gasteiger partial charge in [0.25, 0.3) is 5.91 Å². The number of benzene rings is 1. The molecule has 0 saturated heterocycles. The van der Waals surface area contributed by atoms with Gasteiger partial charge in [0, 0.05) is 28.7 Å². The first-order valence-corrected chi connectivity index (χ1v) is 9.83. The first-order valence-electron chi connectivity index (χ1n) is 8.64. The molecule has 140 valence electrons. The third-order valence-electron chi connectivity index (χ3n) is 4.03. The van der Waals surface area contributed by atoms with Crippen LogP contribution in [0.2, 0.25) is 4.34 Å². The zero-order chi connectivity index (χ0) is 19.1. The number of anilines is 1. The Balaban J connectivity index is 1.96. The van der Waals surface area contributed by atoms with Crippen LogP contribution in [-0.4, -0.2) is 29.4 Å². The summed E-state index contributed by atoms with van der Waals surface area (Å²) in [5.41, 5.74) is 1.22. The number of halogens is 1. The largest absolute Gasteiger partial charge is 0.350 e. The smallest absolute Gasteiger partial charge is 0.322 e. The molecule has 1 aromatic heterocycles. The van der Waals surface area contributed by atoms with Crippen LogP contribution in [-0.2, 0) is 6.54 Å². The van der Waals surface area contributed by atoms with Crippen molar-refractivity contribution in [2.24, 2.45) is 0 Å². The zero-order valence-electron chi connectivity index (χ0n) is 15.2. The third kappa shape index (κ3) is 5.75. The van der Waals surface area contributed by atoms with Crippen molar-refractivity contribution in [3.63, 3.8) is 0 Å². The van der Waals surface area contributed by atoms with Gasteiger partial charge in [0.15, 0.2) is 0 Å².